The SMILES string of the molecule is CSCCC(N)C(=O)NC(CO)C(=O)NC(CCCN=C(N)N)C(=O)NC(CCC(N)=O)C(=O)O. The van der Waals surface area contributed by atoms with Gasteiger partial charge in [0, 0.05) is 13.0 Å². The van der Waals surface area contributed by atoms with E-state index in [-0.39, 0.29) is 38.2 Å². The summed E-state index contributed by atoms with van der Waals surface area (Å²) in [6.45, 7) is -0.651. The van der Waals surface area contributed by atoms with Gasteiger partial charge in [0.1, 0.15) is 18.1 Å². The van der Waals surface area contributed by atoms with Crippen molar-refractivity contribution < 1.29 is 34.2 Å². The summed E-state index contributed by atoms with van der Waals surface area (Å²) in [4.78, 5) is 63.9. The molecule has 4 atom stereocenters. The lowest BCUT2D eigenvalue weighted by Crippen LogP contribution is -2.58. The van der Waals surface area contributed by atoms with Crippen LogP contribution in [0.25, 0.3) is 0 Å². The van der Waals surface area contributed by atoms with Gasteiger partial charge in [-0.25, -0.2) is 4.79 Å². The zero-order valence-corrected chi connectivity index (χ0v) is 20.4. The quantitative estimate of drug-likeness (QED) is 0.0475. The van der Waals surface area contributed by atoms with Crippen LogP contribution in [-0.4, -0.2) is 95.1 Å². The van der Waals surface area contributed by atoms with E-state index in [1.54, 1.807) is 0 Å². The smallest absolute Gasteiger partial charge is 0.326 e. The number of amides is 4. The number of aliphatic carboxylic acids is 1. The first-order valence-corrected chi connectivity index (χ1v) is 12.1. The molecule has 0 saturated carbocycles. The number of primary amides is 1. The van der Waals surface area contributed by atoms with Gasteiger partial charge in [0.05, 0.1) is 12.6 Å². The van der Waals surface area contributed by atoms with Gasteiger partial charge in [0.2, 0.25) is 23.6 Å². The summed E-state index contributed by atoms with van der Waals surface area (Å²) < 4.78 is 0. The lowest BCUT2D eigenvalue weighted by molar-refractivity contribution is -0.142. The molecule has 0 aromatic carbocycles. The maximum absolute atomic E-state index is 12.8. The maximum atomic E-state index is 12.8. The van der Waals surface area contributed by atoms with Crippen LogP contribution in [0.15, 0.2) is 4.99 Å². The van der Waals surface area contributed by atoms with E-state index in [2.05, 4.69) is 20.9 Å². The molecule has 0 aliphatic carbocycles. The monoisotopic (exact) mass is 520 g/mol. The third kappa shape index (κ3) is 14.0. The Kier molecular flexibility index (Phi) is 15.8. The molecule has 0 radical (unpaired) electrons. The van der Waals surface area contributed by atoms with Crippen LogP contribution in [0, 0.1) is 0 Å². The molecule has 35 heavy (non-hydrogen) atoms. The number of aliphatic hydroxyl groups is 1. The molecule has 15 nitrogen and oxygen atoms in total. The van der Waals surface area contributed by atoms with Crippen molar-refractivity contribution in [2.45, 2.75) is 56.3 Å². The summed E-state index contributed by atoms with van der Waals surface area (Å²) in [7, 11) is 0. The van der Waals surface area contributed by atoms with Gasteiger partial charge in [-0.3, -0.25) is 24.2 Å². The second-order valence-electron chi connectivity index (χ2n) is 7.55. The molecule has 16 heteroatoms. The lowest BCUT2D eigenvalue weighted by atomic mass is 10.1. The fourth-order valence-corrected chi connectivity index (χ4v) is 3.20. The lowest BCUT2D eigenvalue weighted by Gasteiger charge is -2.24. The molecule has 0 fully saturated rings. The number of guanidine groups is 1. The van der Waals surface area contributed by atoms with Gasteiger partial charge in [-0.1, -0.05) is 0 Å². The van der Waals surface area contributed by atoms with E-state index in [1.165, 1.54) is 11.8 Å². The van der Waals surface area contributed by atoms with E-state index >= 15 is 0 Å². The number of nitrogens with two attached hydrogens (primary N) is 4. The third-order valence-electron chi connectivity index (χ3n) is 4.66. The first kappa shape index (κ1) is 31.9. The van der Waals surface area contributed by atoms with Crippen LogP contribution in [0.1, 0.15) is 32.1 Å². The first-order valence-electron chi connectivity index (χ1n) is 10.8. The van der Waals surface area contributed by atoms with E-state index in [4.69, 9.17) is 22.9 Å². The van der Waals surface area contributed by atoms with Gasteiger partial charge in [-0.2, -0.15) is 11.8 Å². The molecule has 0 aliphatic rings. The number of carboxylic acids is 1. The highest BCUT2D eigenvalue weighted by atomic mass is 32.2. The molecule has 13 N–H and O–H groups in total. The van der Waals surface area contributed by atoms with Crippen molar-refractivity contribution in [2.24, 2.45) is 27.9 Å². The van der Waals surface area contributed by atoms with Crippen LogP contribution in [-0.2, 0) is 24.0 Å². The van der Waals surface area contributed by atoms with Gasteiger partial charge < -0.3 is 49.1 Å². The van der Waals surface area contributed by atoms with Crippen molar-refractivity contribution in [3.05, 3.63) is 0 Å². The highest BCUT2D eigenvalue weighted by Crippen LogP contribution is 2.04. The Balaban J connectivity index is 5.39. The van der Waals surface area contributed by atoms with E-state index in [9.17, 15) is 34.2 Å². The highest BCUT2D eigenvalue weighted by molar-refractivity contribution is 7.98. The number of aliphatic hydroxyl groups excluding tert-OH is 1. The normalized spacial score (nSPS) is 14.0. The summed E-state index contributed by atoms with van der Waals surface area (Å²) in [6, 6.07) is -5.00. The number of thioether (sulfide) groups is 1. The van der Waals surface area contributed by atoms with Gasteiger partial charge in [-0.05, 0) is 37.7 Å². The van der Waals surface area contributed by atoms with E-state index in [1.807, 2.05) is 6.26 Å². The fraction of sp³-hybridized carbons (Fsp3) is 0.684. The van der Waals surface area contributed by atoms with Crippen LogP contribution >= 0.6 is 11.8 Å². The molecule has 4 unspecified atom stereocenters. The number of nitrogens with zero attached hydrogens (tertiary/aromatic N) is 1. The van der Waals surface area contributed by atoms with E-state index in [0.717, 1.165) is 0 Å². The Hall–Kier alpha value is -3.11. The van der Waals surface area contributed by atoms with Gasteiger partial charge in [-0.15, -0.1) is 0 Å². The minimum Gasteiger partial charge on any atom is -0.480 e. The van der Waals surface area contributed by atoms with E-state index in [0.29, 0.717) is 12.2 Å². The van der Waals surface area contributed by atoms with Crippen LogP contribution in [0.2, 0.25) is 0 Å². The van der Waals surface area contributed by atoms with Crippen molar-refractivity contribution in [3.63, 3.8) is 0 Å². The average Bonchev–Trinajstić information content (AvgIpc) is 2.79. The third-order valence-corrected chi connectivity index (χ3v) is 5.30. The molecule has 0 aromatic heterocycles. The second kappa shape index (κ2) is 17.3. The van der Waals surface area contributed by atoms with Crippen molar-refractivity contribution in [2.75, 3.05) is 25.2 Å². The van der Waals surface area contributed by atoms with Crippen LogP contribution < -0.4 is 38.9 Å². The first-order chi connectivity index (χ1) is 16.4. The molecule has 200 valence electrons. The second-order valence-corrected chi connectivity index (χ2v) is 8.53. The summed E-state index contributed by atoms with van der Waals surface area (Å²) in [5.41, 5.74) is 21.3. The predicted octanol–water partition coefficient (Wildman–Crippen LogP) is -4.08. The van der Waals surface area contributed by atoms with Crippen molar-refractivity contribution in [3.8, 4) is 0 Å². The molecule has 0 rings (SSSR count). The zero-order valence-electron chi connectivity index (χ0n) is 19.6. The van der Waals surface area contributed by atoms with Crippen LogP contribution in [0.5, 0.6) is 0 Å². The number of carboxylic acid groups (broad SMARTS) is 1. The fourth-order valence-electron chi connectivity index (χ4n) is 2.71. The topological polar surface area (TPSA) is 278 Å². The highest BCUT2D eigenvalue weighted by Gasteiger charge is 2.30. The van der Waals surface area contributed by atoms with E-state index < -0.39 is 60.4 Å². The Morgan fingerprint density at radius 2 is 1.46 bits per heavy atom. The number of rotatable bonds is 18. The zero-order chi connectivity index (χ0) is 27.0. The molecule has 0 heterocycles. The Labute approximate surface area is 207 Å². The van der Waals surface area contributed by atoms with Gasteiger partial charge in [0.25, 0.3) is 0 Å². The Bertz CT molecular complexity index is 763. The molecule has 0 aromatic rings. The standard InChI is InChI=1S/C19H36N8O7S/c1-35-8-6-10(20)15(30)27-13(9-28)17(32)25-11(3-2-7-24-19(22)23)16(31)26-12(18(33)34)4-5-14(21)29/h10-13,28H,2-9,20H2,1H3,(H2,21,29)(H,25,32)(H,26,31)(H,27,30)(H,33,34)(H4,22,23,24). The van der Waals surface area contributed by atoms with Gasteiger partial charge in [0.15, 0.2) is 5.96 Å². The molecule has 0 saturated heterocycles. The van der Waals surface area contributed by atoms with Crippen molar-refractivity contribution in [1.29, 1.82) is 0 Å². The van der Waals surface area contributed by atoms with Gasteiger partial charge >= 0.3 is 5.97 Å². The summed E-state index contributed by atoms with van der Waals surface area (Å²) in [5, 5.41) is 25.9. The number of hydrogen-bond acceptors (Lipinski definition) is 9. The summed E-state index contributed by atoms with van der Waals surface area (Å²) in [5.74, 6) is -4.10. The molecule has 0 aliphatic heterocycles. The molecule has 4 amide bonds. The number of carbonyl (C=O) groups excluding carboxylic acids is 4. The molecular weight excluding hydrogens is 484 g/mol. The average molecular weight is 521 g/mol. The summed E-state index contributed by atoms with van der Waals surface area (Å²) >= 11 is 1.49. The number of aliphatic imine (C=N–C) groups is 1. The van der Waals surface area contributed by atoms with Crippen molar-refractivity contribution >= 4 is 47.3 Å². The number of carbonyl (C=O) groups is 5. The molecule has 0 bridgehead atoms. The number of nitrogens with one attached hydrogen (secondary N) is 3. The maximum Gasteiger partial charge on any atom is 0.326 e. The minimum atomic E-state index is -1.44. The predicted molar refractivity (Wildman–Crippen MR) is 130 cm³/mol. The minimum absolute atomic E-state index is 0.00412. The van der Waals surface area contributed by atoms with Crippen LogP contribution in [0.4, 0.5) is 0 Å². The summed E-state index contributed by atoms with van der Waals surface area (Å²) in [6.07, 6.45) is 1.88. The molecular formula is C19H36N8O7S. The largest absolute Gasteiger partial charge is 0.480 e. The van der Waals surface area contributed by atoms with Crippen LogP contribution in [0.3, 0.4) is 0 Å². The number of hydrogen-bond donors (Lipinski definition) is 9. The Morgan fingerprint density at radius 1 is 0.886 bits per heavy atom. The molecule has 0 spiro atoms. The Morgan fingerprint density at radius 3 is 1.97 bits per heavy atom. The van der Waals surface area contributed by atoms with Crippen molar-refractivity contribution in [1.82, 2.24) is 16.0 Å².